The molecule has 7 nitrogen and oxygen atoms in total. The smallest absolute Gasteiger partial charge is 0.261 e. The normalized spacial score (nSPS) is 12.2. The number of para-hydroxylation sites is 1. The average molecular weight is 434 g/mol. The van der Waals surface area contributed by atoms with E-state index in [2.05, 4.69) is 20.6 Å². The van der Waals surface area contributed by atoms with Crippen molar-refractivity contribution >= 4 is 50.0 Å². The minimum atomic E-state index is -0.570. The van der Waals surface area contributed by atoms with Crippen LogP contribution in [0.2, 0.25) is 0 Å². The van der Waals surface area contributed by atoms with Gasteiger partial charge in [-0.05, 0) is 35.6 Å². The van der Waals surface area contributed by atoms with Crippen LogP contribution in [-0.4, -0.2) is 27.8 Å². The number of rotatable bonds is 7. The molecule has 31 heavy (non-hydrogen) atoms. The van der Waals surface area contributed by atoms with Gasteiger partial charge in [0.25, 0.3) is 5.91 Å². The average Bonchev–Trinajstić information content (AvgIpc) is 3.19. The van der Waals surface area contributed by atoms with Gasteiger partial charge in [-0.25, -0.2) is 9.97 Å². The summed E-state index contributed by atoms with van der Waals surface area (Å²) in [6.45, 7) is 3.99. The quantitative estimate of drug-likeness (QED) is 0.412. The topological polar surface area (TPSA) is 110 Å². The van der Waals surface area contributed by atoms with Gasteiger partial charge in [-0.15, -0.1) is 11.3 Å². The van der Waals surface area contributed by atoms with E-state index >= 15 is 0 Å². The van der Waals surface area contributed by atoms with Gasteiger partial charge in [0.05, 0.1) is 16.9 Å². The molecule has 2 amide bonds. The van der Waals surface area contributed by atoms with Crippen molar-refractivity contribution in [3.8, 4) is 0 Å². The van der Waals surface area contributed by atoms with Gasteiger partial charge >= 0.3 is 0 Å². The highest BCUT2D eigenvalue weighted by Crippen LogP contribution is 2.25. The molecule has 8 heteroatoms. The molecule has 0 unspecified atom stereocenters. The van der Waals surface area contributed by atoms with Crippen molar-refractivity contribution in [2.24, 2.45) is 11.7 Å². The van der Waals surface area contributed by atoms with Crippen LogP contribution in [0.15, 0.2) is 54.6 Å². The first-order valence-electron chi connectivity index (χ1n) is 10.0. The van der Waals surface area contributed by atoms with E-state index in [1.807, 2.05) is 68.4 Å². The third kappa shape index (κ3) is 4.49. The summed E-state index contributed by atoms with van der Waals surface area (Å²) in [5.41, 5.74) is 6.28. The van der Waals surface area contributed by atoms with Crippen molar-refractivity contribution in [3.63, 3.8) is 0 Å². The van der Waals surface area contributed by atoms with Gasteiger partial charge in [-0.2, -0.15) is 0 Å². The first kappa shape index (κ1) is 20.7. The number of carbonyl (C=O) groups excluding carboxylic acids is 2. The second-order valence-corrected chi connectivity index (χ2v) is 8.69. The van der Waals surface area contributed by atoms with Gasteiger partial charge in [0.15, 0.2) is 5.82 Å². The highest BCUT2D eigenvalue weighted by atomic mass is 32.1. The van der Waals surface area contributed by atoms with Crippen LogP contribution in [0, 0.1) is 5.92 Å². The summed E-state index contributed by atoms with van der Waals surface area (Å²) in [5, 5.41) is 7.88. The summed E-state index contributed by atoms with van der Waals surface area (Å²) >= 11 is 1.44. The third-order valence-electron chi connectivity index (χ3n) is 4.97. The molecule has 0 saturated heterocycles. The van der Waals surface area contributed by atoms with Crippen LogP contribution in [0.5, 0.6) is 0 Å². The number of primary amides is 1. The maximum Gasteiger partial charge on any atom is 0.261 e. The summed E-state index contributed by atoms with van der Waals surface area (Å²) in [4.78, 5) is 34.3. The summed E-state index contributed by atoms with van der Waals surface area (Å²) < 4.78 is 1.06. The SMILES string of the molecule is CC(C)[C@H](Nc1nc(CNC(=O)c2cc3ccccc3s2)nc2ccccc12)C(N)=O. The molecule has 4 rings (SSSR count). The summed E-state index contributed by atoms with van der Waals surface area (Å²) in [6, 6.07) is 16.7. The Balaban J connectivity index is 1.58. The highest BCUT2D eigenvalue weighted by molar-refractivity contribution is 7.20. The van der Waals surface area contributed by atoms with Crippen LogP contribution >= 0.6 is 11.3 Å². The van der Waals surface area contributed by atoms with E-state index in [4.69, 9.17) is 5.73 Å². The van der Waals surface area contributed by atoms with Crippen molar-refractivity contribution < 1.29 is 9.59 Å². The number of hydrogen-bond acceptors (Lipinski definition) is 6. The summed E-state index contributed by atoms with van der Waals surface area (Å²) in [5.74, 6) is 0.334. The van der Waals surface area contributed by atoms with Crippen molar-refractivity contribution in [2.45, 2.75) is 26.4 Å². The third-order valence-corrected chi connectivity index (χ3v) is 6.09. The van der Waals surface area contributed by atoms with E-state index in [1.165, 1.54) is 11.3 Å². The Bertz CT molecular complexity index is 1230. The lowest BCUT2D eigenvalue weighted by Crippen LogP contribution is -2.40. The number of nitrogens with two attached hydrogens (primary N) is 1. The summed E-state index contributed by atoms with van der Waals surface area (Å²) in [6.07, 6.45) is 0. The molecule has 0 bridgehead atoms. The van der Waals surface area contributed by atoms with Crippen molar-refractivity contribution in [3.05, 3.63) is 65.3 Å². The first-order chi connectivity index (χ1) is 14.9. The fourth-order valence-corrected chi connectivity index (χ4v) is 4.35. The van der Waals surface area contributed by atoms with E-state index in [0.717, 1.165) is 21.0 Å². The van der Waals surface area contributed by atoms with E-state index in [-0.39, 0.29) is 18.4 Å². The Hall–Kier alpha value is -3.52. The zero-order valence-electron chi connectivity index (χ0n) is 17.3. The molecule has 1 atom stereocenters. The zero-order valence-corrected chi connectivity index (χ0v) is 18.1. The number of nitrogens with zero attached hydrogens (tertiary/aromatic N) is 2. The minimum Gasteiger partial charge on any atom is -0.368 e. The molecule has 0 aliphatic heterocycles. The van der Waals surface area contributed by atoms with Gasteiger partial charge < -0.3 is 16.4 Å². The van der Waals surface area contributed by atoms with Gasteiger partial charge in [-0.1, -0.05) is 44.2 Å². The standard InChI is InChI=1S/C23H23N5O2S/c1-13(2)20(21(24)29)28-22-15-8-4-5-9-16(15)26-19(27-22)12-25-23(30)18-11-14-7-3-6-10-17(14)31-18/h3-11,13,20H,12H2,1-2H3,(H2,24,29)(H,25,30)(H,26,27,28)/t20-/m0/s1. The van der Waals surface area contributed by atoms with Gasteiger partial charge in [0.1, 0.15) is 11.9 Å². The second kappa shape index (κ2) is 8.69. The Labute approximate surface area is 183 Å². The highest BCUT2D eigenvalue weighted by Gasteiger charge is 2.21. The van der Waals surface area contributed by atoms with Crippen LogP contribution in [0.4, 0.5) is 5.82 Å². The Morgan fingerprint density at radius 2 is 1.81 bits per heavy atom. The molecule has 0 aliphatic carbocycles. The number of benzene rings is 2. The van der Waals surface area contributed by atoms with Crippen molar-refractivity contribution in [1.82, 2.24) is 15.3 Å². The molecular weight excluding hydrogens is 410 g/mol. The number of carbonyl (C=O) groups is 2. The van der Waals surface area contributed by atoms with E-state index in [0.29, 0.717) is 16.5 Å². The minimum absolute atomic E-state index is 0.0117. The molecule has 2 aromatic heterocycles. The van der Waals surface area contributed by atoms with E-state index in [9.17, 15) is 9.59 Å². The van der Waals surface area contributed by atoms with Crippen LogP contribution in [0.25, 0.3) is 21.0 Å². The number of nitrogens with one attached hydrogen (secondary N) is 2. The maximum absolute atomic E-state index is 12.7. The predicted molar refractivity (Wildman–Crippen MR) is 124 cm³/mol. The van der Waals surface area contributed by atoms with Gasteiger partial charge in [0.2, 0.25) is 5.91 Å². The molecule has 0 fully saturated rings. The number of fused-ring (bicyclic) bond motifs is 2. The Morgan fingerprint density at radius 3 is 2.55 bits per heavy atom. The Morgan fingerprint density at radius 1 is 1.06 bits per heavy atom. The predicted octanol–water partition coefficient (Wildman–Crippen LogP) is 3.70. The second-order valence-electron chi connectivity index (χ2n) is 7.61. The van der Waals surface area contributed by atoms with E-state index in [1.54, 1.807) is 0 Å². The lowest BCUT2D eigenvalue weighted by atomic mass is 10.0. The fraction of sp³-hybridized carbons (Fsp3) is 0.217. The van der Waals surface area contributed by atoms with Crippen LogP contribution in [-0.2, 0) is 11.3 Å². The van der Waals surface area contributed by atoms with E-state index < -0.39 is 11.9 Å². The molecule has 4 aromatic rings. The monoisotopic (exact) mass is 433 g/mol. The number of aromatic nitrogens is 2. The first-order valence-corrected chi connectivity index (χ1v) is 10.8. The fourth-order valence-electron chi connectivity index (χ4n) is 3.37. The summed E-state index contributed by atoms with van der Waals surface area (Å²) in [7, 11) is 0. The molecule has 0 aliphatic rings. The van der Waals surface area contributed by atoms with Crippen LogP contribution < -0.4 is 16.4 Å². The molecule has 4 N–H and O–H groups in total. The van der Waals surface area contributed by atoms with Crippen molar-refractivity contribution in [1.29, 1.82) is 0 Å². The van der Waals surface area contributed by atoms with Crippen LogP contribution in [0.3, 0.4) is 0 Å². The molecular formula is C23H23N5O2S. The van der Waals surface area contributed by atoms with Crippen LogP contribution in [0.1, 0.15) is 29.3 Å². The van der Waals surface area contributed by atoms with Crippen molar-refractivity contribution in [2.75, 3.05) is 5.32 Å². The number of hydrogen-bond donors (Lipinski definition) is 3. The Kier molecular flexibility index (Phi) is 5.81. The number of thiophene rings is 1. The van der Waals surface area contributed by atoms with Gasteiger partial charge in [0, 0.05) is 10.1 Å². The largest absolute Gasteiger partial charge is 0.368 e. The molecule has 2 aromatic carbocycles. The molecule has 2 heterocycles. The number of anilines is 1. The molecule has 0 saturated carbocycles. The number of amides is 2. The lowest BCUT2D eigenvalue weighted by Gasteiger charge is -2.21. The van der Waals surface area contributed by atoms with Gasteiger partial charge in [-0.3, -0.25) is 9.59 Å². The molecule has 158 valence electrons. The molecule has 0 spiro atoms. The lowest BCUT2D eigenvalue weighted by molar-refractivity contribution is -0.119. The maximum atomic E-state index is 12.7. The molecule has 0 radical (unpaired) electrons. The zero-order chi connectivity index (χ0) is 22.0.